The Bertz CT molecular complexity index is 625. The molecular weight excluding hydrogens is 296 g/mol. The molecule has 0 aliphatic heterocycles. The first kappa shape index (κ1) is 16.6. The van der Waals surface area contributed by atoms with E-state index in [0.29, 0.717) is 5.76 Å². The van der Waals surface area contributed by atoms with Crippen molar-refractivity contribution >= 4 is 12.0 Å². The monoisotopic (exact) mass is 316 g/mol. The van der Waals surface area contributed by atoms with Crippen molar-refractivity contribution in [3.63, 3.8) is 0 Å². The van der Waals surface area contributed by atoms with Gasteiger partial charge in [0.2, 0.25) is 5.91 Å². The average Bonchev–Trinajstić information content (AvgIpc) is 3.08. The van der Waals surface area contributed by atoms with Gasteiger partial charge in [-0.05, 0) is 31.5 Å². The maximum Gasteiger partial charge on any atom is 0.408 e. The maximum atomic E-state index is 12.0. The molecule has 23 heavy (non-hydrogen) atoms. The summed E-state index contributed by atoms with van der Waals surface area (Å²) in [6.07, 6.45) is 0.905. The Kier molecular flexibility index (Phi) is 5.80. The fraction of sp³-hybridized carbons (Fsp3) is 0.294. The zero-order chi connectivity index (χ0) is 16.7. The van der Waals surface area contributed by atoms with Gasteiger partial charge in [0.1, 0.15) is 18.4 Å². The molecule has 6 nitrogen and oxygen atoms in total. The Labute approximate surface area is 134 Å². The molecule has 0 spiro atoms. The largest absolute Gasteiger partial charge is 0.467 e. The van der Waals surface area contributed by atoms with Crippen LogP contribution in [0.4, 0.5) is 4.79 Å². The van der Waals surface area contributed by atoms with Crippen molar-refractivity contribution in [2.45, 2.75) is 32.5 Å². The van der Waals surface area contributed by atoms with Crippen LogP contribution in [0.3, 0.4) is 0 Å². The number of ether oxygens (including phenoxy) is 1. The van der Waals surface area contributed by atoms with Crippen molar-refractivity contribution in [2.75, 3.05) is 0 Å². The number of benzene rings is 1. The smallest absolute Gasteiger partial charge is 0.408 e. The molecule has 1 aromatic heterocycles. The standard InChI is InChI=1S/C17H20N2O4/c1-12(15-9-6-10-22-15)18-16(20)13(2)19-17(21)23-11-14-7-4-3-5-8-14/h3-10,12-13H,11H2,1-2H3,(H,18,20)(H,19,21)/t12?,13-/m0/s1. The van der Waals surface area contributed by atoms with Crippen LogP contribution in [-0.2, 0) is 16.1 Å². The van der Waals surface area contributed by atoms with Crippen molar-refractivity contribution < 1.29 is 18.7 Å². The third-order valence-corrected chi connectivity index (χ3v) is 3.27. The van der Waals surface area contributed by atoms with Crippen LogP contribution in [0.1, 0.15) is 31.2 Å². The minimum absolute atomic E-state index is 0.157. The fourth-order valence-electron chi connectivity index (χ4n) is 1.95. The predicted octanol–water partition coefficient (Wildman–Crippen LogP) is 2.77. The van der Waals surface area contributed by atoms with Crippen molar-refractivity contribution in [3.05, 3.63) is 60.1 Å². The quantitative estimate of drug-likeness (QED) is 0.858. The number of furan rings is 1. The summed E-state index contributed by atoms with van der Waals surface area (Å²) in [7, 11) is 0. The van der Waals surface area contributed by atoms with E-state index < -0.39 is 12.1 Å². The minimum Gasteiger partial charge on any atom is -0.467 e. The molecule has 1 heterocycles. The van der Waals surface area contributed by atoms with E-state index in [2.05, 4.69) is 10.6 Å². The Morgan fingerprint density at radius 2 is 1.83 bits per heavy atom. The maximum absolute atomic E-state index is 12.0. The summed E-state index contributed by atoms with van der Waals surface area (Å²) >= 11 is 0. The van der Waals surface area contributed by atoms with Crippen molar-refractivity contribution in [1.29, 1.82) is 0 Å². The van der Waals surface area contributed by atoms with Crippen LogP contribution in [0.15, 0.2) is 53.1 Å². The van der Waals surface area contributed by atoms with Crippen LogP contribution in [0.2, 0.25) is 0 Å². The van der Waals surface area contributed by atoms with E-state index in [1.165, 1.54) is 0 Å². The lowest BCUT2D eigenvalue weighted by molar-refractivity contribution is -0.123. The molecule has 2 aromatic rings. The van der Waals surface area contributed by atoms with Crippen molar-refractivity contribution in [1.82, 2.24) is 10.6 Å². The Balaban J connectivity index is 1.75. The normalized spacial score (nSPS) is 13.0. The fourth-order valence-corrected chi connectivity index (χ4v) is 1.95. The van der Waals surface area contributed by atoms with E-state index in [0.717, 1.165) is 5.56 Å². The van der Waals surface area contributed by atoms with Crippen LogP contribution in [-0.4, -0.2) is 18.0 Å². The second-order valence-electron chi connectivity index (χ2n) is 5.17. The third kappa shape index (κ3) is 5.18. The molecule has 0 saturated carbocycles. The number of hydrogen-bond acceptors (Lipinski definition) is 4. The number of alkyl carbamates (subject to hydrolysis) is 1. The van der Waals surface area contributed by atoms with Gasteiger partial charge in [0, 0.05) is 0 Å². The molecule has 0 fully saturated rings. The summed E-state index contributed by atoms with van der Waals surface area (Å²) in [6.45, 7) is 3.55. The number of rotatable bonds is 6. The van der Waals surface area contributed by atoms with Crippen LogP contribution >= 0.6 is 0 Å². The highest BCUT2D eigenvalue weighted by Gasteiger charge is 2.19. The minimum atomic E-state index is -0.712. The van der Waals surface area contributed by atoms with Crippen LogP contribution < -0.4 is 10.6 Å². The molecule has 2 amide bonds. The summed E-state index contributed by atoms with van der Waals surface area (Å²) < 4.78 is 10.3. The molecule has 2 N–H and O–H groups in total. The summed E-state index contributed by atoms with van der Waals surface area (Å²) in [5, 5.41) is 5.25. The lowest BCUT2D eigenvalue weighted by Crippen LogP contribution is -2.45. The Morgan fingerprint density at radius 3 is 2.48 bits per heavy atom. The summed E-state index contributed by atoms with van der Waals surface area (Å²) in [6, 6.07) is 11.9. The van der Waals surface area contributed by atoms with Gasteiger partial charge in [-0.25, -0.2) is 4.79 Å². The molecule has 0 bridgehead atoms. The number of carbonyl (C=O) groups excluding carboxylic acids is 2. The first-order valence-electron chi connectivity index (χ1n) is 7.37. The van der Waals surface area contributed by atoms with Gasteiger partial charge in [-0.1, -0.05) is 30.3 Å². The zero-order valence-electron chi connectivity index (χ0n) is 13.1. The summed E-state index contributed by atoms with van der Waals surface area (Å²) in [5.74, 6) is 0.336. The summed E-state index contributed by atoms with van der Waals surface area (Å²) in [5.41, 5.74) is 0.881. The zero-order valence-corrected chi connectivity index (χ0v) is 13.1. The lowest BCUT2D eigenvalue weighted by Gasteiger charge is -2.17. The average molecular weight is 316 g/mol. The molecule has 0 aliphatic rings. The van der Waals surface area contributed by atoms with Gasteiger partial charge in [0.25, 0.3) is 0 Å². The molecule has 0 aliphatic carbocycles. The van der Waals surface area contributed by atoms with Crippen LogP contribution in [0.25, 0.3) is 0 Å². The number of hydrogen-bond donors (Lipinski definition) is 2. The van der Waals surface area contributed by atoms with Gasteiger partial charge in [-0.15, -0.1) is 0 Å². The number of carbonyl (C=O) groups is 2. The van der Waals surface area contributed by atoms with E-state index in [1.807, 2.05) is 30.3 Å². The Hall–Kier alpha value is -2.76. The molecule has 1 unspecified atom stereocenters. The molecular formula is C17H20N2O4. The highest BCUT2D eigenvalue weighted by Crippen LogP contribution is 2.12. The van der Waals surface area contributed by atoms with Gasteiger partial charge in [0.05, 0.1) is 12.3 Å². The van der Waals surface area contributed by atoms with Crippen LogP contribution in [0, 0.1) is 0 Å². The predicted molar refractivity (Wildman–Crippen MR) is 84.5 cm³/mol. The molecule has 0 saturated heterocycles. The molecule has 0 radical (unpaired) electrons. The molecule has 6 heteroatoms. The third-order valence-electron chi connectivity index (χ3n) is 3.27. The molecule has 2 atom stereocenters. The highest BCUT2D eigenvalue weighted by atomic mass is 16.5. The SMILES string of the molecule is CC(NC(=O)[C@H](C)NC(=O)OCc1ccccc1)c1ccco1. The van der Waals surface area contributed by atoms with E-state index in [4.69, 9.17) is 9.15 Å². The van der Waals surface area contributed by atoms with Crippen molar-refractivity contribution in [3.8, 4) is 0 Å². The highest BCUT2D eigenvalue weighted by molar-refractivity contribution is 5.85. The van der Waals surface area contributed by atoms with Crippen molar-refractivity contribution in [2.24, 2.45) is 0 Å². The molecule has 122 valence electrons. The summed E-state index contributed by atoms with van der Waals surface area (Å²) in [4.78, 5) is 23.7. The van der Waals surface area contributed by atoms with Gasteiger partial charge in [-0.3, -0.25) is 4.79 Å². The van der Waals surface area contributed by atoms with E-state index in [1.54, 1.807) is 32.2 Å². The van der Waals surface area contributed by atoms with Gasteiger partial charge >= 0.3 is 6.09 Å². The second-order valence-corrected chi connectivity index (χ2v) is 5.17. The van der Waals surface area contributed by atoms with Gasteiger partial charge in [0.15, 0.2) is 0 Å². The topological polar surface area (TPSA) is 80.6 Å². The van der Waals surface area contributed by atoms with E-state index >= 15 is 0 Å². The molecule has 1 aromatic carbocycles. The Morgan fingerprint density at radius 1 is 1.09 bits per heavy atom. The molecule has 2 rings (SSSR count). The number of nitrogens with one attached hydrogen (secondary N) is 2. The first-order valence-corrected chi connectivity index (χ1v) is 7.37. The van der Waals surface area contributed by atoms with E-state index in [9.17, 15) is 9.59 Å². The second kappa shape index (κ2) is 8.03. The van der Waals surface area contributed by atoms with Crippen LogP contribution in [0.5, 0.6) is 0 Å². The number of amides is 2. The first-order chi connectivity index (χ1) is 11.1. The van der Waals surface area contributed by atoms with Gasteiger partial charge in [-0.2, -0.15) is 0 Å². The van der Waals surface area contributed by atoms with E-state index in [-0.39, 0.29) is 18.6 Å². The lowest BCUT2D eigenvalue weighted by atomic mass is 10.2. The van der Waals surface area contributed by atoms with Gasteiger partial charge < -0.3 is 19.8 Å².